The third-order valence-corrected chi connectivity index (χ3v) is 16.7. The summed E-state index contributed by atoms with van der Waals surface area (Å²) >= 11 is 0. The van der Waals surface area contributed by atoms with E-state index in [0.717, 1.165) is 0 Å². The summed E-state index contributed by atoms with van der Waals surface area (Å²) in [5, 5.41) is 11.8. The molecule has 0 fully saturated rings. The first-order valence-corrected chi connectivity index (χ1v) is 25.1. The van der Waals surface area contributed by atoms with Crippen LogP contribution in [0, 0.1) is 0 Å². The van der Waals surface area contributed by atoms with E-state index < -0.39 is 32.0 Å². The third kappa shape index (κ3) is 9.24. The van der Waals surface area contributed by atoms with Crippen molar-refractivity contribution < 1.29 is 17.1 Å². The number of benzene rings is 4. The topological polar surface area (TPSA) is 0 Å². The molecule has 0 unspecified atom stereocenters. The SMILES string of the molecule is C[Si](C)(C)c1cc[c-](P(c2ccccc2)c2ccccc2)c1.C[Si](C)(C)c1cc[c-](P(c2ccccc2)c2ccccc2)c1.[Fe+2]. The van der Waals surface area contributed by atoms with E-state index in [-0.39, 0.29) is 17.1 Å². The average Bonchev–Trinajstić information content (AvgIpc) is 3.72. The van der Waals surface area contributed by atoms with Crippen LogP contribution in [0.25, 0.3) is 0 Å². The fourth-order valence-electron chi connectivity index (χ4n) is 5.28. The molecule has 230 valence electrons. The Morgan fingerprint density at radius 2 is 0.622 bits per heavy atom. The first-order valence-electron chi connectivity index (χ1n) is 15.5. The molecule has 6 rings (SSSR count). The predicted molar refractivity (Wildman–Crippen MR) is 207 cm³/mol. The van der Waals surface area contributed by atoms with Gasteiger partial charge in [-0.05, 0) is 21.2 Å². The average molecular weight is 699 g/mol. The molecule has 0 bridgehead atoms. The predicted octanol–water partition coefficient (Wildman–Crippen LogP) is 7.42. The van der Waals surface area contributed by atoms with Crippen LogP contribution in [0.1, 0.15) is 0 Å². The monoisotopic (exact) mass is 698 g/mol. The van der Waals surface area contributed by atoms with Gasteiger partial charge in [0.05, 0.1) is 0 Å². The zero-order valence-electron chi connectivity index (χ0n) is 27.3. The quantitative estimate of drug-likeness (QED) is 0.0883. The molecule has 0 spiro atoms. The van der Waals surface area contributed by atoms with Gasteiger partial charge in [0.25, 0.3) is 0 Å². The van der Waals surface area contributed by atoms with E-state index >= 15 is 0 Å². The zero-order valence-corrected chi connectivity index (χ0v) is 32.2. The van der Waals surface area contributed by atoms with E-state index in [0.29, 0.717) is 0 Å². The summed E-state index contributed by atoms with van der Waals surface area (Å²) in [6.07, 6.45) is 0. The third-order valence-electron chi connectivity index (χ3n) is 7.78. The van der Waals surface area contributed by atoms with Crippen molar-refractivity contribution >= 4 is 74.2 Å². The van der Waals surface area contributed by atoms with E-state index in [1.165, 1.54) is 31.8 Å². The molecule has 5 heteroatoms. The standard InChI is InChI=1S/2C20H22PSi.Fe/c2*1-22(2,3)20-15-14-19(16-20)21(17-10-6-4-7-11-17)18-12-8-5-9-13-18;/h2*4-16H,1-3H3;/q2*-1;+2. The van der Waals surface area contributed by atoms with Gasteiger partial charge in [-0.15, -0.1) is 10.6 Å². The van der Waals surface area contributed by atoms with Gasteiger partial charge in [0, 0.05) is 16.1 Å². The van der Waals surface area contributed by atoms with E-state index in [9.17, 15) is 0 Å². The van der Waals surface area contributed by atoms with Crippen molar-refractivity contribution in [2.45, 2.75) is 39.3 Å². The second-order valence-electron chi connectivity index (χ2n) is 13.2. The van der Waals surface area contributed by atoms with E-state index in [2.05, 4.69) is 197 Å². The van der Waals surface area contributed by atoms with Crippen LogP contribution in [-0.4, -0.2) is 16.1 Å². The Balaban J connectivity index is 0.000000200. The molecule has 0 N–H and O–H groups in total. The first kappa shape index (κ1) is 35.3. The maximum atomic E-state index is 2.46. The summed E-state index contributed by atoms with van der Waals surface area (Å²) in [7, 11) is -3.40. The van der Waals surface area contributed by atoms with Crippen LogP contribution in [-0.2, 0) is 17.1 Å². The summed E-state index contributed by atoms with van der Waals surface area (Å²) < 4.78 is 0. The molecule has 0 aliphatic carbocycles. The zero-order chi connectivity index (χ0) is 31.2. The summed E-state index contributed by atoms with van der Waals surface area (Å²) in [5.41, 5.74) is 0. The molecule has 45 heavy (non-hydrogen) atoms. The Kier molecular flexibility index (Phi) is 12.4. The van der Waals surface area contributed by atoms with Crippen molar-refractivity contribution in [2.24, 2.45) is 0 Å². The van der Waals surface area contributed by atoms with Gasteiger partial charge >= 0.3 is 17.1 Å². The number of hydrogen-bond acceptors (Lipinski definition) is 0. The molecule has 0 atom stereocenters. The van der Waals surface area contributed by atoms with E-state index in [4.69, 9.17) is 0 Å². The molecule has 6 aromatic carbocycles. The molecule has 0 aliphatic rings. The molecule has 0 saturated carbocycles. The first-order chi connectivity index (χ1) is 21.1. The molecule has 0 aliphatic heterocycles. The normalized spacial score (nSPS) is 11.6. The van der Waals surface area contributed by atoms with Crippen LogP contribution in [0.3, 0.4) is 0 Å². The minimum Gasteiger partial charge on any atom is -0.212 e. The summed E-state index contributed by atoms with van der Waals surface area (Å²) in [5.74, 6) is 0. The molecule has 0 amide bonds. The van der Waals surface area contributed by atoms with Crippen LogP contribution >= 0.6 is 15.8 Å². The van der Waals surface area contributed by atoms with Gasteiger partial charge in [0.2, 0.25) is 0 Å². The van der Waals surface area contributed by atoms with Crippen molar-refractivity contribution in [3.8, 4) is 0 Å². The molecule has 0 saturated heterocycles. The van der Waals surface area contributed by atoms with Gasteiger partial charge in [-0.1, -0.05) is 176 Å². The Morgan fingerprint density at radius 1 is 0.378 bits per heavy atom. The molecular formula is C40H44FeP2Si2. The van der Waals surface area contributed by atoms with Crippen LogP contribution in [0.5, 0.6) is 0 Å². The Bertz CT molecular complexity index is 1510. The summed E-state index contributed by atoms with van der Waals surface area (Å²) in [6.45, 7) is 14.5. The molecule has 0 nitrogen and oxygen atoms in total. The number of rotatable bonds is 8. The van der Waals surface area contributed by atoms with Gasteiger partial charge in [-0.25, -0.2) is 22.5 Å². The minimum atomic E-state index is -1.25. The van der Waals surface area contributed by atoms with E-state index in [1.807, 2.05) is 0 Å². The summed E-state index contributed by atoms with van der Waals surface area (Å²) in [6, 6.07) is 58.0. The molecular weight excluding hydrogens is 654 g/mol. The second kappa shape index (κ2) is 15.8. The van der Waals surface area contributed by atoms with Crippen molar-refractivity contribution in [1.29, 1.82) is 0 Å². The van der Waals surface area contributed by atoms with Crippen LogP contribution < -0.4 is 42.2 Å². The van der Waals surface area contributed by atoms with Crippen LogP contribution in [0.2, 0.25) is 39.3 Å². The molecule has 0 aromatic heterocycles. The molecule has 6 aromatic rings. The Labute approximate surface area is 286 Å². The number of hydrogen-bond donors (Lipinski definition) is 0. The maximum Gasteiger partial charge on any atom is 2.00 e. The van der Waals surface area contributed by atoms with Crippen molar-refractivity contribution in [3.05, 3.63) is 158 Å². The van der Waals surface area contributed by atoms with E-state index in [1.54, 1.807) is 10.4 Å². The molecule has 0 radical (unpaired) electrons. The second-order valence-corrected chi connectivity index (χ2v) is 27.8. The van der Waals surface area contributed by atoms with Crippen LogP contribution in [0.4, 0.5) is 0 Å². The minimum absolute atomic E-state index is 0. The smallest absolute Gasteiger partial charge is 0.212 e. The van der Waals surface area contributed by atoms with Gasteiger partial charge in [-0.2, -0.15) is 24.3 Å². The fraction of sp³-hybridized carbons (Fsp3) is 0.150. The van der Waals surface area contributed by atoms with Gasteiger partial charge < -0.3 is 0 Å². The Morgan fingerprint density at radius 3 is 0.822 bits per heavy atom. The maximum absolute atomic E-state index is 2.46. The van der Waals surface area contributed by atoms with Gasteiger partial charge in [0.1, 0.15) is 0 Å². The van der Waals surface area contributed by atoms with Crippen molar-refractivity contribution in [3.63, 3.8) is 0 Å². The Hall–Kier alpha value is -2.61. The van der Waals surface area contributed by atoms with Gasteiger partial charge in [0.15, 0.2) is 0 Å². The van der Waals surface area contributed by atoms with Crippen molar-refractivity contribution in [1.82, 2.24) is 0 Å². The largest absolute Gasteiger partial charge is 2.00 e. The molecule has 0 heterocycles. The van der Waals surface area contributed by atoms with Crippen LogP contribution in [0.15, 0.2) is 158 Å². The summed E-state index contributed by atoms with van der Waals surface area (Å²) in [4.78, 5) is 0. The van der Waals surface area contributed by atoms with Gasteiger partial charge in [-0.3, -0.25) is 0 Å². The van der Waals surface area contributed by atoms with Crippen molar-refractivity contribution in [2.75, 3.05) is 0 Å². The fourth-order valence-corrected chi connectivity index (χ4v) is 12.5.